The number of para-hydroxylation sites is 2. The molecule has 42 heavy (non-hydrogen) atoms. The van der Waals surface area contributed by atoms with Crippen LogP contribution < -0.4 is 14.8 Å². The van der Waals surface area contributed by atoms with Crippen LogP contribution in [-0.4, -0.2) is 50.5 Å². The molecule has 0 aliphatic carbocycles. The van der Waals surface area contributed by atoms with Gasteiger partial charge in [0.2, 0.25) is 0 Å². The number of aliphatic carboxylic acids is 1. The molecular formula is C33H32BrNO7. The summed E-state index contributed by atoms with van der Waals surface area (Å²) >= 11 is 3.40. The number of amides is 1. The first-order valence-corrected chi connectivity index (χ1v) is 14.2. The van der Waals surface area contributed by atoms with Gasteiger partial charge in [-0.15, -0.1) is 0 Å². The fourth-order valence-corrected chi connectivity index (χ4v) is 4.59. The van der Waals surface area contributed by atoms with Crippen LogP contribution in [0.5, 0.6) is 17.2 Å². The van der Waals surface area contributed by atoms with Crippen LogP contribution in [-0.2, 0) is 14.3 Å². The Morgan fingerprint density at radius 2 is 1.55 bits per heavy atom. The van der Waals surface area contributed by atoms with Gasteiger partial charge in [0.15, 0.2) is 0 Å². The van der Waals surface area contributed by atoms with E-state index in [2.05, 4.69) is 21.2 Å². The Bertz CT molecular complexity index is 1460. The van der Waals surface area contributed by atoms with Crippen molar-refractivity contribution >= 4 is 27.8 Å². The average Bonchev–Trinajstić information content (AvgIpc) is 3.00. The van der Waals surface area contributed by atoms with Crippen LogP contribution in [0.15, 0.2) is 102 Å². The minimum atomic E-state index is -1.04. The number of carbonyl (C=O) groups is 2. The van der Waals surface area contributed by atoms with Crippen LogP contribution in [0.2, 0.25) is 0 Å². The number of carboxylic acid groups (broad SMARTS) is 1. The maximum Gasteiger partial charge on any atom is 0.305 e. The van der Waals surface area contributed by atoms with E-state index >= 15 is 0 Å². The van der Waals surface area contributed by atoms with Crippen molar-refractivity contribution in [2.45, 2.75) is 12.5 Å². The second-order valence-electron chi connectivity index (χ2n) is 9.25. The zero-order chi connectivity index (χ0) is 29.7. The molecule has 0 heterocycles. The monoisotopic (exact) mass is 633 g/mol. The summed E-state index contributed by atoms with van der Waals surface area (Å²) in [6.45, 7) is 1.48. The molecule has 218 valence electrons. The van der Waals surface area contributed by atoms with Crippen LogP contribution >= 0.6 is 15.9 Å². The first-order chi connectivity index (χ1) is 20.4. The highest BCUT2D eigenvalue weighted by Gasteiger charge is 2.22. The normalized spacial score (nSPS) is 11.5. The molecule has 0 saturated carbocycles. The Kier molecular flexibility index (Phi) is 11.5. The van der Waals surface area contributed by atoms with Crippen molar-refractivity contribution < 1.29 is 33.6 Å². The van der Waals surface area contributed by atoms with E-state index in [1.165, 1.54) is 0 Å². The maximum atomic E-state index is 13.4. The molecule has 8 nitrogen and oxygen atoms in total. The van der Waals surface area contributed by atoms with Gasteiger partial charge in [0.25, 0.3) is 5.91 Å². The largest absolute Gasteiger partial charge is 0.490 e. The van der Waals surface area contributed by atoms with Crippen molar-refractivity contribution in [1.29, 1.82) is 0 Å². The number of methoxy groups -OCH3 is 1. The van der Waals surface area contributed by atoms with Gasteiger partial charge in [-0.2, -0.15) is 0 Å². The number of rotatable bonds is 15. The number of hydrogen-bond donors (Lipinski definition) is 2. The summed E-state index contributed by atoms with van der Waals surface area (Å²) in [5, 5.41) is 12.5. The lowest BCUT2D eigenvalue weighted by Gasteiger charge is -2.20. The van der Waals surface area contributed by atoms with Crippen LogP contribution in [0.1, 0.15) is 28.4 Å². The summed E-state index contributed by atoms with van der Waals surface area (Å²) < 4.78 is 23.0. The van der Waals surface area contributed by atoms with Crippen LogP contribution in [0.25, 0.3) is 11.1 Å². The maximum absolute atomic E-state index is 13.4. The summed E-state index contributed by atoms with van der Waals surface area (Å²) in [6, 6.07) is 28.9. The summed E-state index contributed by atoms with van der Waals surface area (Å²) in [6.07, 6.45) is -0.295. The number of carboxylic acids is 1. The van der Waals surface area contributed by atoms with Gasteiger partial charge in [0.05, 0.1) is 37.8 Å². The molecule has 9 heteroatoms. The highest BCUT2D eigenvalue weighted by molar-refractivity contribution is 9.10. The van der Waals surface area contributed by atoms with E-state index in [1.54, 1.807) is 25.3 Å². The van der Waals surface area contributed by atoms with Crippen LogP contribution in [0.3, 0.4) is 0 Å². The van der Waals surface area contributed by atoms with E-state index in [1.807, 2.05) is 78.9 Å². The van der Waals surface area contributed by atoms with Crippen molar-refractivity contribution in [2.75, 3.05) is 33.5 Å². The molecule has 0 spiro atoms. The number of benzene rings is 4. The first-order valence-electron chi connectivity index (χ1n) is 13.4. The van der Waals surface area contributed by atoms with Gasteiger partial charge in [-0.25, -0.2) is 0 Å². The zero-order valence-corrected chi connectivity index (χ0v) is 24.7. The third-order valence-electron chi connectivity index (χ3n) is 6.27. The van der Waals surface area contributed by atoms with E-state index < -0.39 is 17.9 Å². The SMILES string of the molecule is COCCOCCOc1ccc(Br)cc1C(=O)NC(CC(=O)O)c1ccc(-c2ccccc2Oc2ccccc2)cc1. The lowest BCUT2D eigenvalue weighted by Crippen LogP contribution is -2.30. The summed E-state index contributed by atoms with van der Waals surface area (Å²) in [5.74, 6) is 0.289. The van der Waals surface area contributed by atoms with Gasteiger partial charge in [0, 0.05) is 17.1 Å². The van der Waals surface area contributed by atoms with Crippen LogP contribution in [0.4, 0.5) is 0 Å². The van der Waals surface area contributed by atoms with Crippen molar-refractivity contribution in [3.05, 3.63) is 113 Å². The van der Waals surface area contributed by atoms with E-state index in [9.17, 15) is 14.7 Å². The topological polar surface area (TPSA) is 103 Å². The third kappa shape index (κ3) is 8.91. The van der Waals surface area contributed by atoms with E-state index in [4.69, 9.17) is 18.9 Å². The molecule has 1 atom stereocenters. The van der Waals surface area contributed by atoms with Crippen molar-refractivity contribution in [2.24, 2.45) is 0 Å². The highest BCUT2D eigenvalue weighted by Crippen LogP contribution is 2.34. The Hall–Kier alpha value is -4.18. The number of halogens is 1. The quantitative estimate of drug-likeness (QED) is 0.137. The van der Waals surface area contributed by atoms with Gasteiger partial charge in [0.1, 0.15) is 23.9 Å². The molecule has 0 aliphatic heterocycles. The lowest BCUT2D eigenvalue weighted by atomic mass is 9.98. The first kappa shape index (κ1) is 30.8. The van der Waals surface area contributed by atoms with Crippen LogP contribution in [0, 0.1) is 0 Å². The molecule has 4 rings (SSSR count). The van der Waals surface area contributed by atoms with E-state index in [-0.39, 0.29) is 18.6 Å². The fourth-order valence-electron chi connectivity index (χ4n) is 4.23. The number of nitrogens with one attached hydrogen (secondary N) is 1. The second kappa shape index (κ2) is 15.7. The smallest absolute Gasteiger partial charge is 0.305 e. The zero-order valence-electron chi connectivity index (χ0n) is 23.1. The third-order valence-corrected chi connectivity index (χ3v) is 6.76. The molecule has 0 bridgehead atoms. The van der Waals surface area contributed by atoms with Crippen molar-refractivity contribution in [3.8, 4) is 28.4 Å². The number of hydrogen-bond acceptors (Lipinski definition) is 6. The Labute approximate surface area is 253 Å². The van der Waals surface area contributed by atoms with Gasteiger partial charge in [-0.3, -0.25) is 9.59 Å². The molecule has 0 radical (unpaired) electrons. The standard InChI is InChI=1S/C33H32BrNO7/c1-39-17-18-40-19-20-41-30-16-15-25(34)21-28(30)33(38)35-29(22-32(36)37)24-13-11-23(12-14-24)27-9-5-6-10-31(27)42-26-7-3-2-4-8-26/h2-16,21,29H,17-20,22H2,1H3,(H,35,38)(H,36,37). The second-order valence-corrected chi connectivity index (χ2v) is 10.2. The fraction of sp³-hybridized carbons (Fsp3) is 0.212. The number of ether oxygens (including phenoxy) is 4. The molecule has 1 unspecified atom stereocenters. The molecule has 2 N–H and O–H groups in total. The summed E-state index contributed by atoms with van der Waals surface area (Å²) in [7, 11) is 1.60. The average molecular weight is 635 g/mol. The van der Waals surface area contributed by atoms with E-state index in [0.29, 0.717) is 41.4 Å². The molecule has 4 aromatic carbocycles. The molecule has 0 fully saturated rings. The molecule has 0 saturated heterocycles. The van der Waals surface area contributed by atoms with Gasteiger partial charge in [-0.05, 0) is 47.5 Å². The molecule has 4 aromatic rings. The van der Waals surface area contributed by atoms with Gasteiger partial charge in [-0.1, -0.05) is 76.6 Å². The predicted molar refractivity (Wildman–Crippen MR) is 163 cm³/mol. The summed E-state index contributed by atoms with van der Waals surface area (Å²) in [4.78, 5) is 25.1. The molecule has 0 aliphatic rings. The Morgan fingerprint density at radius 3 is 2.29 bits per heavy atom. The lowest BCUT2D eigenvalue weighted by molar-refractivity contribution is -0.137. The molecule has 0 aromatic heterocycles. The Balaban J connectivity index is 1.50. The minimum absolute atomic E-state index is 0.237. The highest BCUT2D eigenvalue weighted by atomic mass is 79.9. The van der Waals surface area contributed by atoms with E-state index in [0.717, 1.165) is 16.9 Å². The summed E-state index contributed by atoms with van der Waals surface area (Å²) in [5.41, 5.74) is 2.70. The number of carbonyl (C=O) groups excluding carboxylic acids is 1. The van der Waals surface area contributed by atoms with Gasteiger partial charge < -0.3 is 29.4 Å². The predicted octanol–water partition coefficient (Wildman–Crippen LogP) is 6.90. The molecular weight excluding hydrogens is 602 g/mol. The van der Waals surface area contributed by atoms with Crippen molar-refractivity contribution in [3.63, 3.8) is 0 Å². The van der Waals surface area contributed by atoms with Crippen molar-refractivity contribution in [1.82, 2.24) is 5.32 Å². The Morgan fingerprint density at radius 1 is 0.833 bits per heavy atom. The molecule has 1 amide bonds. The van der Waals surface area contributed by atoms with Gasteiger partial charge >= 0.3 is 5.97 Å². The minimum Gasteiger partial charge on any atom is -0.490 e.